The number of hydrogen-bond donors (Lipinski definition) is 0. The van der Waals surface area contributed by atoms with Crippen molar-refractivity contribution in [2.45, 2.75) is 6.54 Å². The van der Waals surface area contributed by atoms with Gasteiger partial charge in [0.2, 0.25) is 0 Å². The van der Waals surface area contributed by atoms with Gasteiger partial charge in [0.15, 0.2) is 0 Å². The Morgan fingerprint density at radius 2 is 1.96 bits per heavy atom. The number of methoxy groups -OCH3 is 1. The summed E-state index contributed by atoms with van der Waals surface area (Å²) in [5.41, 5.74) is 2.58. The lowest BCUT2D eigenvalue weighted by atomic mass is 10.1. The van der Waals surface area contributed by atoms with Crippen LogP contribution in [0, 0.1) is 0 Å². The van der Waals surface area contributed by atoms with Crippen LogP contribution in [0.5, 0.6) is 0 Å². The maximum absolute atomic E-state index is 12.5. The fourth-order valence-electron chi connectivity index (χ4n) is 2.83. The molecule has 0 saturated heterocycles. The summed E-state index contributed by atoms with van der Waals surface area (Å²) in [5.74, 6) is -0.421. The van der Waals surface area contributed by atoms with E-state index < -0.39 is 5.97 Å². The molecule has 0 spiro atoms. The van der Waals surface area contributed by atoms with E-state index in [4.69, 9.17) is 4.74 Å². The van der Waals surface area contributed by atoms with Gasteiger partial charge in [0, 0.05) is 42.6 Å². The number of pyridine rings is 2. The Labute approximate surface area is 145 Å². The highest BCUT2D eigenvalue weighted by Crippen LogP contribution is 2.27. The van der Waals surface area contributed by atoms with Crippen LogP contribution in [0.15, 0.2) is 53.6 Å². The van der Waals surface area contributed by atoms with Gasteiger partial charge in [0.05, 0.1) is 18.4 Å². The first-order valence-electron chi connectivity index (χ1n) is 8.05. The second kappa shape index (κ2) is 6.94. The summed E-state index contributed by atoms with van der Waals surface area (Å²) in [7, 11) is 5.29. The maximum Gasteiger partial charge on any atom is 0.340 e. The van der Waals surface area contributed by atoms with Crippen molar-refractivity contribution >= 4 is 11.5 Å². The Balaban J connectivity index is 2.11. The number of fused-ring (bicyclic) bond motifs is 1. The van der Waals surface area contributed by atoms with E-state index in [-0.39, 0.29) is 5.56 Å². The van der Waals surface area contributed by atoms with E-state index in [1.807, 2.05) is 53.9 Å². The molecule has 3 aromatic heterocycles. The van der Waals surface area contributed by atoms with Crippen molar-refractivity contribution in [2.24, 2.45) is 0 Å². The number of aromatic nitrogens is 2. The molecule has 0 atom stereocenters. The molecule has 0 aliphatic carbocycles. The van der Waals surface area contributed by atoms with Gasteiger partial charge in [0.1, 0.15) is 0 Å². The first-order chi connectivity index (χ1) is 12.0. The van der Waals surface area contributed by atoms with Gasteiger partial charge < -0.3 is 18.6 Å². The molecule has 0 aliphatic heterocycles. The molecule has 0 saturated carbocycles. The van der Waals surface area contributed by atoms with Crippen LogP contribution in [0.3, 0.4) is 0 Å². The van der Waals surface area contributed by atoms with Crippen LogP contribution in [0.4, 0.5) is 0 Å². The molecule has 0 bridgehead atoms. The van der Waals surface area contributed by atoms with Crippen LogP contribution in [0.25, 0.3) is 16.8 Å². The van der Waals surface area contributed by atoms with Gasteiger partial charge in [-0.15, -0.1) is 0 Å². The first-order valence-corrected chi connectivity index (χ1v) is 8.05. The van der Waals surface area contributed by atoms with Gasteiger partial charge in [0.25, 0.3) is 5.56 Å². The predicted octanol–water partition coefficient (Wildman–Crippen LogP) is 2.12. The first kappa shape index (κ1) is 17.0. The van der Waals surface area contributed by atoms with E-state index in [0.717, 1.165) is 12.1 Å². The lowest BCUT2D eigenvalue weighted by molar-refractivity contribution is 0.0602. The molecule has 0 fully saturated rings. The van der Waals surface area contributed by atoms with E-state index in [1.165, 1.54) is 7.11 Å². The third kappa shape index (κ3) is 3.34. The van der Waals surface area contributed by atoms with Crippen molar-refractivity contribution in [3.05, 3.63) is 64.7 Å². The monoisotopic (exact) mass is 339 g/mol. The number of ether oxygens (including phenoxy) is 1. The molecule has 6 nitrogen and oxygen atoms in total. The Hall–Kier alpha value is -2.86. The average Bonchev–Trinajstić information content (AvgIpc) is 2.99. The molecule has 3 heterocycles. The van der Waals surface area contributed by atoms with Crippen molar-refractivity contribution in [1.29, 1.82) is 0 Å². The van der Waals surface area contributed by atoms with Gasteiger partial charge in [-0.3, -0.25) is 4.79 Å². The van der Waals surface area contributed by atoms with Crippen LogP contribution in [0.1, 0.15) is 10.4 Å². The number of nitrogens with zero attached hydrogens (tertiary/aromatic N) is 3. The molecule has 6 heteroatoms. The van der Waals surface area contributed by atoms with Crippen LogP contribution < -0.4 is 5.56 Å². The molecule has 0 aromatic carbocycles. The van der Waals surface area contributed by atoms with Gasteiger partial charge in [-0.25, -0.2) is 4.79 Å². The van der Waals surface area contributed by atoms with E-state index >= 15 is 0 Å². The number of likely N-dealkylation sites (N-methyl/N-ethyl adjacent to an activating group) is 1. The fraction of sp³-hybridized carbons (Fsp3) is 0.263. The zero-order valence-corrected chi connectivity index (χ0v) is 14.6. The summed E-state index contributed by atoms with van der Waals surface area (Å²) in [6, 6.07) is 10.9. The standard InChI is InChI=1S/C19H21N3O3/c1-20(2)10-11-21-9-7-14(12-17(21)23)18-16(19(24)25-3)13-15-6-4-5-8-22(15)18/h4-9,12-13H,10-11H2,1-3H3. The zero-order valence-electron chi connectivity index (χ0n) is 14.6. The van der Waals surface area contributed by atoms with Crippen molar-refractivity contribution in [1.82, 2.24) is 13.9 Å². The van der Waals surface area contributed by atoms with Crippen molar-refractivity contribution in [3.63, 3.8) is 0 Å². The van der Waals surface area contributed by atoms with Gasteiger partial charge in [-0.1, -0.05) is 6.07 Å². The normalized spacial score (nSPS) is 11.2. The highest BCUT2D eigenvalue weighted by molar-refractivity contribution is 5.98. The molecular formula is C19H21N3O3. The smallest absolute Gasteiger partial charge is 0.340 e. The Morgan fingerprint density at radius 3 is 2.64 bits per heavy atom. The molecule has 3 rings (SSSR count). The number of hydrogen-bond acceptors (Lipinski definition) is 4. The van der Waals surface area contributed by atoms with E-state index in [9.17, 15) is 9.59 Å². The van der Waals surface area contributed by atoms with Crippen LogP contribution >= 0.6 is 0 Å². The van der Waals surface area contributed by atoms with E-state index in [0.29, 0.717) is 23.4 Å². The molecule has 0 N–H and O–H groups in total. The molecule has 3 aromatic rings. The lowest BCUT2D eigenvalue weighted by Crippen LogP contribution is -2.25. The largest absolute Gasteiger partial charge is 0.465 e. The maximum atomic E-state index is 12.5. The molecule has 0 amide bonds. The minimum absolute atomic E-state index is 0.0963. The summed E-state index contributed by atoms with van der Waals surface area (Å²) < 4.78 is 8.46. The zero-order chi connectivity index (χ0) is 18.0. The molecule has 25 heavy (non-hydrogen) atoms. The number of carbonyl (C=O) groups is 1. The van der Waals surface area contributed by atoms with Gasteiger partial charge >= 0.3 is 5.97 Å². The lowest BCUT2D eigenvalue weighted by Gasteiger charge is -2.12. The van der Waals surface area contributed by atoms with Crippen molar-refractivity contribution < 1.29 is 9.53 Å². The minimum atomic E-state index is -0.421. The Bertz CT molecular complexity index is 969. The summed E-state index contributed by atoms with van der Waals surface area (Å²) in [5, 5.41) is 0. The third-order valence-corrected chi connectivity index (χ3v) is 4.14. The van der Waals surface area contributed by atoms with E-state index in [2.05, 4.69) is 0 Å². The second-order valence-corrected chi connectivity index (χ2v) is 6.14. The number of esters is 1. The summed E-state index contributed by atoms with van der Waals surface area (Å²) >= 11 is 0. The molecule has 0 unspecified atom stereocenters. The highest BCUT2D eigenvalue weighted by atomic mass is 16.5. The van der Waals surface area contributed by atoms with Crippen molar-refractivity contribution in [3.8, 4) is 11.3 Å². The summed E-state index contributed by atoms with van der Waals surface area (Å²) in [4.78, 5) is 26.7. The molecule has 0 radical (unpaired) electrons. The quantitative estimate of drug-likeness (QED) is 0.668. The van der Waals surface area contributed by atoms with Gasteiger partial charge in [-0.2, -0.15) is 0 Å². The van der Waals surface area contributed by atoms with Crippen LogP contribution in [0.2, 0.25) is 0 Å². The number of rotatable bonds is 5. The summed E-state index contributed by atoms with van der Waals surface area (Å²) in [6.07, 6.45) is 3.64. The molecular weight excluding hydrogens is 318 g/mol. The van der Waals surface area contributed by atoms with Crippen LogP contribution in [-0.4, -0.2) is 47.6 Å². The van der Waals surface area contributed by atoms with Crippen molar-refractivity contribution in [2.75, 3.05) is 27.7 Å². The van der Waals surface area contributed by atoms with Gasteiger partial charge in [-0.05, 0) is 38.4 Å². The summed E-state index contributed by atoms with van der Waals surface area (Å²) in [6.45, 7) is 1.39. The predicted molar refractivity (Wildman–Crippen MR) is 97.0 cm³/mol. The minimum Gasteiger partial charge on any atom is -0.465 e. The number of carbonyl (C=O) groups excluding carboxylic acids is 1. The molecule has 0 aliphatic rings. The third-order valence-electron chi connectivity index (χ3n) is 4.14. The van der Waals surface area contributed by atoms with Crippen LogP contribution in [-0.2, 0) is 11.3 Å². The Morgan fingerprint density at radius 1 is 1.16 bits per heavy atom. The molecule has 130 valence electrons. The van der Waals surface area contributed by atoms with E-state index in [1.54, 1.807) is 22.9 Å². The highest BCUT2D eigenvalue weighted by Gasteiger charge is 2.19. The fourth-order valence-corrected chi connectivity index (χ4v) is 2.83. The topological polar surface area (TPSA) is 56.0 Å². The Kier molecular flexibility index (Phi) is 4.72. The second-order valence-electron chi connectivity index (χ2n) is 6.14. The average molecular weight is 339 g/mol. The SMILES string of the molecule is COC(=O)c1cc2ccccn2c1-c1ccn(CCN(C)C)c(=O)c1.